The van der Waals surface area contributed by atoms with Crippen LogP contribution in [0.2, 0.25) is 0 Å². The highest BCUT2D eigenvalue weighted by atomic mass is 79.9. The molecule has 6 nitrogen and oxygen atoms in total. The summed E-state index contributed by atoms with van der Waals surface area (Å²) < 4.78 is 30.3. The lowest BCUT2D eigenvalue weighted by molar-refractivity contribution is 0.0521. The molecule has 0 saturated carbocycles. The second-order valence-electron chi connectivity index (χ2n) is 3.91. The Morgan fingerprint density at radius 2 is 2.00 bits per heavy atom. The Morgan fingerprint density at radius 1 is 1.38 bits per heavy atom. The van der Waals surface area contributed by atoms with E-state index in [9.17, 15) is 13.2 Å². The SMILES string of the molecule is CCOC(=O)c1cnn(-c2ccc(Br)cc2)c1S(=O)(=O)Cl. The number of hydrogen-bond donors (Lipinski definition) is 0. The molecular formula is C12H10BrClN2O4S. The van der Waals surface area contributed by atoms with Gasteiger partial charge in [0.05, 0.1) is 18.5 Å². The van der Waals surface area contributed by atoms with E-state index in [2.05, 4.69) is 21.0 Å². The molecule has 2 rings (SSSR count). The zero-order valence-electron chi connectivity index (χ0n) is 10.8. The normalized spacial score (nSPS) is 11.4. The van der Waals surface area contributed by atoms with Gasteiger partial charge in [0.25, 0.3) is 9.05 Å². The van der Waals surface area contributed by atoms with Crippen LogP contribution in [-0.4, -0.2) is 30.8 Å². The Hall–Kier alpha value is -1.38. The molecule has 0 spiro atoms. The maximum absolute atomic E-state index is 11.8. The molecule has 0 aliphatic rings. The van der Waals surface area contributed by atoms with E-state index in [0.29, 0.717) is 5.69 Å². The van der Waals surface area contributed by atoms with E-state index in [1.807, 2.05) is 0 Å². The van der Waals surface area contributed by atoms with Crippen molar-refractivity contribution in [3.63, 3.8) is 0 Å². The van der Waals surface area contributed by atoms with Crippen molar-refractivity contribution in [2.24, 2.45) is 0 Å². The number of carbonyl (C=O) groups excluding carboxylic acids is 1. The first kappa shape index (κ1) is 16.0. The van der Waals surface area contributed by atoms with Crippen molar-refractivity contribution in [1.29, 1.82) is 0 Å². The van der Waals surface area contributed by atoms with Crippen LogP contribution in [0.4, 0.5) is 0 Å². The molecule has 0 amide bonds. The van der Waals surface area contributed by atoms with E-state index in [1.54, 1.807) is 31.2 Å². The third-order valence-electron chi connectivity index (χ3n) is 2.52. The minimum Gasteiger partial charge on any atom is -0.462 e. The standard InChI is InChI=1S/C12H10BrClN2O4S/c1-2-20-12(17)10-7-15-16(11(10)21(14,18)19)9-5-3-8(13)4-6-9/h3-7H,2H2,1H3. The molecule has 0 N–H and O–H groups in total. The summed E-state index contributed by atoms with van der Waals surface area (Å²) in [6, 6.07) is 6.70. The summed E-state index contributed by atoms with van der Waals surface area (Å²) in [6.07, 6.45) is 1.12. The summed E-state index contributed by atoms with van der Waals surface area (Å²) in [5, 5.41) is 3.51. The molecular weight excluding hydrogens is 384 g/mol. The third-order valence-corrected chi connectivity index (χ3v) is 4.34. The maximum Gasteiger partial charge on any atom is 0.342 e. The Labute approximate surface area is 134 Å². The highest BCUT2D eigenvalue weighted by Gasteiger charge is 2.28. The first-order chi connectivity index (χ1) is 9.84. The molecule has 9 heteroatoms. The molecule has 1 heterocycles. The number of esters is 1. The molecule has 0 aliphatic heterocycles. The van der Waals surface area contributed by atoms with Gasteiger partial charge in [0.2, 0.25) is 0 Å². The summed E-state index contributed by atoms with van der Waals surface area (Å²) in [5.74, 6) is -0.792. The summed E-state index contributed by atoms with van der Waals surface area (Å²) in [7, 11) is 1.25. The first-order valence-electron chi connectivity index (χ1n) is 5.80. The van der Waals surface area contributed by atoms with Crippen LogP contribution in [0.5, 0.6) is 0 Å². The fraction of sp³-hybridized carbons (Fsp3) is 0.167. The number of halogens is 2. The van der Waals surface area contributed by atoms with Gasteiger partial charge in [-0.05, 0) is 31.2 Å². The van der Waals surface area contributed by atoms with Crippen LogP contribution in [-0.2, 0) is 13.8 Å². The highest BCUT2D eigenvalue weighted by Crippen LogP contribution is 2.25. The van der Waals surface area contributed by atoms with Gasteiger partial charge in [-0.1, -0.05) is 15.9 Å². The van der Waals surface area contributed by atoms with E-state index in [1.165, 1.54) is 0 Å². The number of hydrogen-bond acceptors (Lipinski definition) is 5. The Bertz CT molecular complexity index is 771. The van der Waals surface area contributed by atoms with E-state index >= 15 is 0 Å². The number of benzene rings is 1. The zero-order valence-corrected chi connectivity index (χ0v) is 13.9. The van der Waals surface area contributed by atoms with E-state index in [-0.39, 0.29) is 12.2 Å². The molecule has 112 valence electrons. The van der Waals surface area contributed by atoms with Crippen LogP contribution >= 0.6 is 26.6 Å². The second-order valence-corrected chi connectivity index (χ2v) is 7.31. The van der Waals surface area contributed by atoms with E-state index < -0.39 is 20.0 Å². The first-order valence-corrected chi connectivity index (χ1v) is 8.90. The lowest BCUT2D eigenvalue weighted by atomic mass is 10.3. The van der Waals surface area contributed by atoms with Gasteiger partial charge in [0.15, 0.2) is 5.03 Å². The van der Waals surface area contributed by atoms with Gasteiger partial charge in [-0.2, -0.15) is 5.10 Å². The third kappa shape index (κ3) is 3.45. The monoisotopic (exact) mass is 392 g/mol. The number of aromatic nitrogens is 2. The molecule has 0 radical (unpaired) electrons. The number of carbonyl (C=O) groups is 1. The van der Waals surface area contributed by atoms with Crippen molar-refractivity contribution in [3.8, 4) is 5.69 Å². The minimum absolute atomic E-state index is 0.115. The molecule has 1 aromatic carbocycles. The number of ether oxygens (including phenoxy) is 1. The lowest BCUT2D eigenvalue weighted by Crippen LogP contribution is -2.11. The van der Waals surface area contributed by atoms with Crippen LogP contribution in [0, 0.1) is 0 Å². The molecule has 0 aliphatic carbocycles. The molecule has 2 aromatic rings. The Balaban J connectivity index is 2.63. The van der Waals surface area contributed by atoms with Crippen LogP contribution in [0.25, 0.3) is 5.69 Å². The van der Waals surface area contributed by atoms with Crippen molar-refractivity contribution in [3.05, 3.63) is 40.5 Å². The average molecular weight is 394 g/mol. The van der Waals surface area contributed by atoms with Gasteiger partial charge < -0.3 is 4.74 Å². The average Bonchev–Trinajstić information content (AvgIpc) is 2.84. The van der Waals surface area contributed by atoms with E-state index in [0.717, 1.165) is 15.4 Å². The van der Waals surface area contributed by atoms with Crippen LogP contribution in [0.3, 0.4) is 0 Å². The summed E-state index contributed by atoms with van der Waals surface area (Å²) in [6.45, 7) is 1.73. The lowest BCUT2D eigenvalue weighted by Gasteiger charge is -2.06. The van der Waals surface area contributed by atoms with Crippen LogP contribution in [0.15, 0.2) is 40.0 Å². The van der Waals surface area contributed by atoms with Gasteiger partial charge in [0, 0.05) is 15.2 Å². The Morgan fingerprint density at radius 3 is 2.52 bits per heavy atom. The summed E-state index contributed by atoms with van der Waals surface area (Å²) in [4.78, 5) is 11.8. The maximum atomic E-state index is 11.8. The van der Waals surface area contributed by atoms with Gasteiger partial charge >= 0.3 is 5.97 Å². The second kappa shape index (κ2) is 6.17. The summed E-state index contributed by atoms with van der Waals surface area (Å²) >= 11 is 3.28. The van der Waals surface area contributed by atoms with Gasteiger partial charge in [0.1, 0.15) is 5.56 Å². The van der Waals surface area contributed by atoms with Crippen molar-refractivity contribution in [2.75, 3.05) is 6.61 Å². The number of rotatable bonds is 4. The van der Waals surface area contributed by atoms with Crippen molar-refractivity contribution < 1.29 is 17.9 Å². The Kier molecular flexibility index (Phi) is 4.70. The van der Waals surface area contributed by atoms with Gasteiger partial charge in [-0.3, -0.25) is 0 Å². The number of nitrogens with zero attached hydrogens (tertiary/aromatic N) is 2. The highest BCUT2D eigenvalue weighted by molar-refractivity contribution is 9.10. The molecule has 0 atom stereocenters. The predicted molar refractivity (Wildman–Crippen MR) is 80.3 cm³/mol. The molecule has 0 saturated heterocycles. The van der Waals surface area contributed by atoms with Crippen molar-refractivity contribution >= 4 is 41.6 Å². The molecule has 0 bridgehead atoms. The van der Waals surface area contributed by atoms with E-state index in [4.69, 9.17) is 15.4 Å². The van der Waals surface area contributed by atoms with Crippen LogP contribution < -0.4 is 0 Å². The largest absolute Gasteiger partial charge is 0.462 e. The molecule has 1 aromatic heterocycles. The van der Waals surface area contributed by atoms with Gasteiger partial charge in [-0.15, -0.1) is 0 Å². The molecule has 21 heavy (non-hydrogen) atoms. The zero-order chi connectivity index (χ0) is 15.6. The summed E-state index contributed by atoms with van der Waals surface area (Å²) in [5.41, 5.74) is 0.253. The smallest absolute Gasteiger partial charge is 0.342 e. The topological polar surface area (TPSA) is 78.3 Å². The fourth-order valence-corrected chi connectivity index (χ4v) is 3.15. The fourth-order valence-electron chi connectivity index (χ4n) is 1.69. The van der Waals surface area contributed by atoms with Gasteiger partial charge in [-0.25, -0.2) is 17.9 Å². The van der Waals surface area contributed by atoms with Crippen molar-refractivity contribution in [2.45, 2.75) is 11.9 Å². The minimum atomic E-state index is -4.18. The van der Waals surface area contributed by atoms with Crippen molar-refractivity contribution in [1.82, 2.24) is 9.78 Å². The van der Waals surface area contributed by atoms with Crippen LogP contribution in [0.1, 0.15) is 17.3 Å². The molecule has 0 fully saturated rings. The molecule has 0 unspecified atom stereocenters. The quantitative estimate of drug-likeness (QED) is 0.589. The predicted octanol–water partition coefficient (Wildman–Crippen LogP) is 2.74.